The van der Waals surface area contributed by atoms with Crippen molar-refractivity contribution in [2.24, 2.45) is 11.8 Å². The maximum absolute atomic E-state index is 13.4. The minimum Gasteiger partial charge on any atom is -0.398 e. The first-order chi connectivity index (χ1) is 9.98. The molecule has 1 saturated heterocycles. The van der Waals surface area contributed by atoms with Gasteiger partial charge in [0.2, 0.25) is 10.0 Å². The number of fused-ring (bicyclic) bond motifs is 1. The van der Waals surface area contributed by atoms with Gasteiger partial charge in [0.25, 0.3) is 0 Å². The third-order valence-electron chi connectivity index (χ3n) is 4.85. The number of nitrogens with zero attached hydrogens (tertiary/aromatic N) is 1. The van der Waals surface area contributed by atoms with E-state index in [1.165, 1.54) is 35.7 Å². The van der Waals surface area contributed by atoms with Gasteiger partial charge in [-0.2, -0.15) is 4.31 Å². The molecule has 2 aliphatic rings. The Hall–Kier alpha value is -1.14. The Labute approximate surface area is 125 Å². The molecular formula is C15H21FN2O2S. The molecule has 1 aromatic carbocycles. The van der Waals surface area contributed by atoms with Crippen molar-refractivity contribution in [2.45, 2.75) is 37.0 Å². The van der Waals surface area contributed by atoms with Gasteiger partial charge in [-0.25, -0.2) is 12.8 Å². The van der Waals surface area contributed by atoms with Crippen LogP contribution in [0.3, 0.4) is 0 Å². The molecule has 2 unspecified atom stereocenters. The van der Waals surface area contributed by atoms with Crippen LogP contribution in [-0.2, 0) is 10.0 Å². The molecule has 4 nitrogen and oxygen atoms in total. The van der Waals surface area contributed by atoms with Gasteiger partial charge in [-0.3, -0.25) is 0 Å². The molecule has 0 spiro atoms. The van der Waals surface area contributed by atoms with Crippen LogP contribution in [0.1, 0.15) is 32.1 Å². The predicted molar refractivity (Wildman–Crippen MR) is 79.6 cm³/mol. The molecule has 21 heavy (non-hydrogen) atoms. The fraction of sp³-hybridized carbons (Fsp3) is 0.600. The highest BCUT2D eigenvalue weighted by atomic mass is 32.2. The van der Waals surface area contributed by atoms with Gasteiger partial charge in [-0.1, -0.05) is 19.3 Å². The number of piperidine rings is 1. The van der Waals surface area contributed by atoms with Crippen molar-refractivity contribution >= 4 is 15.7 Å². The minimum absolute atomic E-state index is 0.100. The summed E-state index contributed by atoms with van der Waals surface area (Å²) in [7, 11) is -3.70. The number of anilines is 1. The van der Waals surface area contributed by atoms with E-state index < -0.39 is 15.8 Å². The van der Waals surface area contributed by atoms with Crippen LogP contribution in [0.2, 0.25) is 0 Å². The van der Waals surface area contributed by atoms with Gasteiger partial charge in [0.1, 0.15) is 10.7 Å². The zero-order chi connectivity index (χ0) is 15.0. The van der Waals surface area contributed by atoms with Crippen molar-refractivity contribution in [2.75, 3.05) is 18.8 Å². The van der Waals surface area contributed by atoms with Crippen LogP contribution in [-0.4, -0.2) is 25.8 Å². The summed E-state index contributed by atoms with van der Waals surface area (Å²) >= 11 is 0. The summed E-state index contributed by atoms with van der Waals surface area (Å²) in [4.78, 5) is -0.100. The van der Waals surface area contributed by atoms with Crippen LogP contribution < -0.4 is 5.73 Å². The van der Waals surface area contributed by atoms with Crippen molar-refractivity contribution < 1.29 is 12.8 Å². The molecule has 1 saturated carbocycles. The van der Waals surface area contributed by atoms with Crippen molar-refractivity contribution in [3.63, 3.8) is 0 Å². The summed E-state index contributed by atoms with van der Waals surface area (Å²) in [6.45, 7) is 1.06. The Morgan fingerprint density at radius 1 is 1.14 bits per heavy atom. The SMILES string of the molecule is Nc1ccc(F)cc1S(=O)(=O)N1CCC2CCCCC2C1. The number of hydrogen-bond acceptors (Lipinski definition) is 3. The van der Waals surface area contributed by atoms with Gasteiger partial charge in [-0.15, -0.1) is 0 Å². The number of sulfonamides is 1. The van der Waals surface area contributed by atoms with E-state index in [-0.39, 0.29) is 10.6 Å². The zero-order valence-corrected chi connectivity index (χ0v) is 12.8. The highest BCUT2D eigenvalue weighted by molar-refractivity contribution is 7.89. The summed E-state index contributed by atoms with van der Waals surface area (Å²) in [5, 5.41) is 0. The third kappa shape index (κ3) is 2.79. The molecule has 3 rings (SSSR count). The molecule has 2 N–H and O–H groups in total. The molecule has 6 heteroatoms. The highest BCUT2D eigenvalue weighted by Crippen LogP contribution is 2.38. The molecule has 0 bridgehead atoms. The van der Waals surface area contributed by atoms with Crippen LogP contribution in [0.4, 0.5) is 10.1 Å². The first-order valence-electron chi connectivity index (χ1n) is 7.53. The van der Waals surface area contributed by atoms with E-state index in [9.17, 15) is 12.8 Å². The van der Waals surface area contributed by atoms with E-state index >= 15 is 0 Å². The second-order valence-corrected chi connectivity index (χ2v) is 8.04. The van der Waals surface area contributed by atoms with Crippen LogP contribution in [0.25, 0.3) is 0 Å². The number of nitrogens with two attached hydrogens (primary N) is 1. The smallest absolute Gasteiger partial charge is 0.245 e. The number of nitrogen functional groups attached to an aromatic ring is 1. The lowest BCUT2D eigenvalue weighted by molar-refractivity contribution is 0.136. The maximum Gasteiger partial charge on any atom is 0.245 e. The molecule has 2 atom stereocenters. The van der Waals surface area contributed by atoms with Crippen molar-refractivity contribution in [3.05, 3.63) is 24.0 Å². The summed E-state index contributed by atoms with van der Waals surface area (Å²) in [6.07, 6.45) is 5.64. The number of rotatable bonds is 2. The normalized spacial score (nSPS) is 27.3. The average molecular weight is 312 g/mol. The van der Waals surface area contributed by atoms with Gasteiger partial charge < -0.3 is 5.73 Å². The Balaban J connectivity index is 1.86. The van der Waals surface area contributed by atoms with E-state index in [0.717, 1.165) is 18.9 Å². The highest BCUT2D eigenvalue weighted by Gasteiger charge is 2.37. The monoisotopic (exact) mass is 312 g/mol. The van der Waals surface area contributed by atoms with Crippen LogP contribution in [0, 0.1) is 17.7 Å². The molecule has 0 radical (unpaired) electrons. The molecule has 0 amide bonds. The molecular weight excluding hydrogens is 291 g/mol. The molecule has 1 aromatic rings. The third-order valence-corrected chi connectivity index (χ3v) is 6.77. The van der Waals surface area contributed by atoms with Gasteiger partial charge in [0.15, 0.2) is 0 Å². The fourth-order valence-electron chi connectivity index (χ4n) is 3.66. The first kappa shape index (κ1) is 14.8. The maximum atomic E-state index is 13.4. The van der Waals surface area contributed by atoms with E-state index in [1.54, 1.807) is 0 Å². The Bertz CT molecular complexity index is 633. The summed E-state index contributed by atoms with van der Waals surface area (Å²) < 4.78 is 40.3. The Morgan fingerprint density at radius 2 is 1.86 bits per heavy atom. The standard InChI is InChI=1S/C15H21FN2O2S/c16-13-5-6-14(17)15(9-13)21(19,20)18-8-7-11-3-1-2-4-12(11)10-18/h5-6,9,11-12H,1-4,7-8,10,17H2. The van der Waals surface area contributed by atoms with Crippen molar-refractivity contribution in [3.8, 4) is 0 Å². The molecule has 1 heterocycles. The average Bonchev–Trinajstić information content (AvgIpc) is 2.49. The van der Waals surface area contributed by atoms with Crippen LogP contribution in [0.15, 0.2) is 23.1 Å². The van der Waals surface area contributed by atoms with Gasteiger partial charge >= 0.3 is 0 Å². The molecule has 1 aliphatic carbocycles. The minimum atomic E-state index is -3.70. The molecule has 2 fully saturated rings. The molecule has 1 aliphatic heterocycles. The van der Waals surface area contributed by atoms with E-state index in [0.29, 0.717) is 24.9 Å². The van der Waals surface area contributed by atoms with Crippen molar-refractivity contribution in [1.82, 2.24) is 4.31 Å². The number of halogens is 1. The fourth-order valence-corrected chi connectivity index (χ4v) is 5.30. The number of benzene rings is 1. The number of hydrogen-bond donors (Lipinski definition) is 1. The summed E-state index contributed by atoms with van der Waals surface area (Å²) in [6, 6.07) is 3.52. The van der Waals surface area contributed by atoms with Crippen LogP contribution >= 0.6 is 0 Å². The van der Waals surface area contributed by atoms with E-state index in [2.05, 4.69) is 0 Å². The van der Waals surface area contributed by atoms with E-state index in [4.69, 9.17) is 5.73 Å². The zero-order valence-electron chi connectivity index (χ0n) is 12.0. The predicted octanol–water partition coefficient (Wildman–Crippen LogP) is 2.61. The Morgan fingerprint density at radius 3 is 2.62 bits per heavy atom. The quantitative estimate of drug-likeness (QED) is 0.854. The van der Waals surface area contributed by atoms with Gasteiger partial charge in [-0.05, 0) is 42.9 Å². The lowest BCUT2D eigenvalue weighted by Gasteiger charge is -2.40. The first-order valence-corrected chi connectivity index (χ1v) is 8.97. The van der Waals surface area contributed by atoms with E-state index in [1.807, 2.05) is 0 Å². The lowest BCUT2D eigenvalue weighted by atomic mass is 9.76. The summed E-state index contributed by atoms with van der Waals surface area (Å²) in [5.74, 6) is 0.516. The lowest BCUT2D eigenvalue weighted by Crippen LogP contribution is -2.44. The molecule has 0 aromatic heterocycles. The van der Waals surface area contributed by atoms with Crippen molar-refractivity contribution in [1.29, 1.82) is 0 Å². The van der Waals surface area contributed by atoms with Crippen LogP contribution in [0.5, 0.6) is 0 Å². The second kappa shape index (κ2) is 5.57. The Kier molecular flexibility index (Phi) is 3.92. The molecule has 116 valence electrons. The topological polar surface area (TPSA) is 63.4 Å². The largest absolute Gasteiger partial charge is 0.398 e. The van der Waals surface area contributed by atoms with Gasteiger partial charge in [0.05, 0.1) is 5.69 Å². The van der Waals surface area contributed by atoms with Gasteiger partial charge in [0, 0.05) is 13.1 Å². The second-order valence-electron chi connectivity index (χ2n) is 6.14. The summed E-state index contributed by atoms with van der Waals surface area (Å²) in [5.41, 5.74) is 5.85.